The fourth-order valence-electron chi connectivity index (χ4n) is 3.39. The van der Waals surface area contributed by atoms with E-state index in [-0.39, 0.29) is 23.6 Å². The number of hydrogen-bond donors (Lipinski definition) is 2. The fourth-order valence-corrected chi connectivity index (χ4v) is 3.39. The van der Waals surface area contributed by atoms with Crippen LogP contribution in [0.5, 0.6) is 0 Å². The highest BCUT2D eigenvalue weighted by Gasteiger charge is 2.44. The first-order valence-corrected chi connectivity index (χ1v) is 8.13. The molecule has 1 heterocycles. The van der Waals surface area contributed by atoms with Crippen LogP contribution < -0.4 is 4.90 Å². The van der Waals surface area contributed by atoms with Crippen LogP contribution in [-0.2, 0) is 0 Å². The summed E-state index contributed by atoms with van der Waals surface area (Å²) in [6, 6.07) is 12.0. The van der Waals surface area contributed by atoms with Gasteiger partial charge in [0.2, 0.25) is 0 Å². The van der Waals surface area contributed by atoms with E-state index in [2.05, 4.69) is 0 Å². The van der Waals surface area contributed by atoms with Crippen molar-refractivity contribution in [2.75, 3.05) is 4.90 Å². The molecule has 3 nitrogen and oxygen atoms in total. The SMILES string of the molecule is CC1[C@@H](CCC(O)c2ccc(F)cc2)C(O)N1c1ccc(F)cc1. The summed E-state index contributed by atoms with van der Waals surface area (Å²) in [6.07, 6.45) is -0.177. The Kier molecular flexibility index (Phi) is 4.83. The summed E-state index contributed by atoms with van der Waals surface area (Å²) in [7, 11) is 0. The molecule has 3 rings (SSSR count). The van der Waals surface area contributed by atoms with Gasteiger partial charge in [0.25, 0.3) is 0 Å². The van der Waals surface area contributed by atoms with E-state index in [0.29, 0.717) is 18.4 Å². The molecule has 1 fully saturated rings. The number of hydrogen-bond acceptors (Lipinski definition) is 3. The number of benzene rings is 2. The van der Waals surface area contributed by atoms with E-state index in [1.54, 1.807) is 24.3 Å². The van der Waals surface area contributed by atoms with Crippen LogP contribution in [0.2, 0.25) is 0 Å². The van der Waals surface area contributed by atoms with Crippen LogP contribution in [0.1, 0.15) is 31.4 Å². The number of nitrogens with zero attached hydrogens (tertiary/aromatic N) is 1. The molecule has 1 aliphatic heterocycles. The fraction of sp³-hybridized carbons (Fsp3) is 0.368. The minimum atomic E-state index is -0.676. The summed E-state index contributed by atoms with van der Waals surface area (Å²) in [4.78, 5) is 1.84. The second-order valence-corrected chi connectivity index (χ2v) is 6.35. The molecule has 0 aliphatic carbocycles. The average Bonchev–Trinajstić information content (AvgIpc) is 2.57. The van der Waals surface area contributed by atoms with E-state index in [9.17, 15) is 19.0 Å². The van der Waals surface area contributed by atoms with Gasteiger partial charge < -0.3 is 15.1 Å². The topological polar surface area (TPSA) is 43.7 Å². The Balaban J connectivity index is 1.57. The monoisotopic (exact) mass is 333 g/mol. The van der Waals surface area contributed by atoms with Crippen molar-refractivity contribution in [1.29, 1.82) is 0 Å². The molecule has 1 aliphatic rings. The molecule has 1 saturated heterocycles. The van der Waals surface area contributed by atoms with Gasteiger partial charge in [0.05, 0.1) is 6.10 Å². The van der Waals surface area contributed by atoms with Crippen LogP contribution >= 0.6 is 0 Å². The van der Waals surface area contributed by atoms with E-state index >= 15 is 0 Å². The lowest BCUT2D eigenvalue weighted by atomic mass is 9.82. The first kappa shape index (κ1) is 16.9. The van der Waals surface area contributed by atoms with Crippen molar-refractivity contribution in [2.24, 2.45) is 5.92 Å². The van der Waals surface area contributed by atoms with Gasteiger partial charge in [-0.05, 0) is 61.7 Å². The second kappa shape index (κ2) is 6.87. The number of aliphatic hydroxyl groups excluding tert-OH is 2. The molecule has 4 atom stereocenters. The van der Waals surface area contributed by atoms with Gasteiger partial charge in [0.15, 0.2) is 0 Å². The molecular formula is C19H21F2NO2. The zero-order valence-electron chi connectivity index (χ0n) is 13.4. The second-order valence-electron chi connectivity index (χ2n) is 6.35. The molecule has 0 aromatic heterocycles. The Bertz CT molecular complexity index is 665. The molecule has 0 saturated carbocycles. The highest BCUT2D eigenvalue weighted by Crippen LogP contribution is 2.39. The molecule has 2 aromatic rings. The molecule has 0 amide bonds. The van der Waals surface area contributed by atoms with Crippen molar-refractivity contribution < 1.29 is 19.0 Å². The summed E-state index contributed by atoms with van der Waals surface area (Å²) in [5, 5.41) is 20.6. The first-order valence-electron chi connectivity index (χ1n) is 8.13. The normalized spacial score (nSPS) is 24.5. The van der Waals surface area contributed by atoms with Crippen LogP contribution in [-0.4, -0.2) is 22.5 Å². The predicted molar refractivity (Wildman–Crippen MR) is 88.4 cm³/mol. The Morgan fingerprint density at radius 1 is 1.00 bits per heavy atom. The summed E-state index contributed by atoms with van der Waals surface area (Å²) in [5.74, 6) is -0.602. The van der Waals surface area contributed by atoms with Crippen LogP contribution in [0.4, 0.5) is 14.5 Å². The largest absolute Gasteiger partial charge is 0.388 e. The molecule has 0 bridgehead atoms. The van der Waals surface area contributed by atoms with Crippen LogP contribution in [0.3, 0.4) is 0 Å². The molecule has 128 valence electrons. The van der Waals surface area contributed by atoms with Crippen LogP contribution in [0.15, 0.2) is 48.5 Å². The van der Waals surface area contributed by atoms with Crippen molar-refractivity contribution in [3.05, 3.63) is 65.7 Å². The van der Waals surface area contributed by atoms with Gasteiger partial charge in [-0.25, -0.2) is 8.78 Å². The van der Waals surface area contributed by atoms with Crippen molar-refractivity contribution in [3.8, 4) is 0 Å². The van der Waals surface area contributed by atoms with Crippen LogP contribution in [0, 0.1) is 17.6 Å². The van der Waals surface area contributed by atoms with Crippen LogP contribution in [0.25, 0.3) is 0 Å². The zero-order valence-corrected chi connectivity index (χ0v) is 13.4. The van der Waals surface area contributed by atoms with Gasteiger partial charge in [-0.2, -0.15) is 0 Å². The summed E-state index contributed by atoms with van der Waals surface area (Å²) in [6.45, 7) is 2.00. The molecule has 0 spiro atoms. The number of anilines is 1. The Morgan fingerprint density at radius 3 is 2.08 bits per heavy atom. The predicted octanol–water partition coefficient (Wildman–Crippen LogP) is 3.62. The smallest absolute Gasteiger partial charge is 0.131 e. The van der Waals surface area contributed by atoms with E-state index in [0.717, 1.165) is 5.69 Å². The number of halogens is 2. The maximum absolute atomic E-state index is 13.0. The highest BCUT2D eigenvalue weighted by atomic mass is 19.1. The van der Waals surface area contributed by atoms with Crippen molar-refractivity contribution in [1.82, 2.24) is 0 Å². The lowest BCUT2D eigenvalue weighted by molar-refractivity contribution is 0.000207. The van der Waals surface area contributed by atoms with Crippen molar-refractivity contribution in [3.63, 3.8) is 0 Å². The van der Waals surface area contributed by atoms with Crippen molar-refractivity contribution >= 4 is 5.69 Å². The quantitative estimate of drug-likeness (QED) is 0.878. The number of aliphatic hydroxyl groups is 2. The maximum Gasteiger partial charge on any atom is 0.131 e. The summed E-state index contributed by atoms with van der Waals surface area (Å²) in [5.41, 5.74) is 1.46. The standard InChI is InChI=1S/C19H21F2NO2/c1-12-17(10-11-18(23)13-2-4-14(20)5-3-13)19(24)22(12)16-8-6-15(21)7-9-16/h2-9,12,17-19,23-24H,10-11H2,1H3/t12?,17-,18?,19?/m1/s1. The van der Waals surface area contributed by atoms with Gasteiger partial charge in [-0.3, -0.25) is 0 Å². The Morgan fingerprint density at radius 2 is 1.54 bits per heavy atom. The molecule has 0 radical (unpaired) electrons. The molecular weight excluding hydrogens is 312 g/mol. The third-order valence-electron chi connectivity index (χ3n) is 4.88. The lowest BCUT2D eigenvalue weighted by Gasteiger charge is -2.53. The maximum atomic E-state index is 13.0. The summed E-state index contributed by atoms with van der Waals surface area (Å²) < 4.78 is 25.9. The minimum Gasteiger partial charge on any atom is -0.388 e. The highest BCUT2D eigenvalue weighted by molar-refractivity contribution is 5.51. The van der Waals surface area contributed by atoms with Gasteiger partial charge >= 0.3 is 0 Å². The van der Waals surface area contributed by atoms with Gasteiger partial charge in [-0.15, -0.1) is 0 Å². The Labute approximate surface area is 140 Å². The third-order valence-corrected chi connectivity index (χ3v) is 4.88. The van der Waals surface area contributed by atoms with E-state index in [1.807, 2.05) is 11.8 Å². The van der Waals surface area contributed by atoms with Gasteiger partial charge in [-0.1, -0.05) is 12.1 Å². The molecule has 2 aromatic carbocycles. The summed E-state index contributed by atoms with van der Waals surface area (Å²) >= 11 is 0. The minimum absolute atomic E-state index is 0.0325. The lowest BCUT2D eigenvalue weighted by Crippen LogP contribution is -2.63. The molecule has 24 heavy (non-hydrogen) atoms. The van der Waals surface area contributed by atoms with Gasteiger partial charge in [0, 0.05) is 17.6 Å². The average molecular weight is 333 g/mol. The Hall–Kier alpha value is -1.98. The first-order chi connectivity index (χ1) is 11.5. The van der Waals surface area contributed by atoms with E-state index in [1.165, 1.54) is 24.3 Å². The van der Waals surface area contributed by atoms with Crippen molar-refractivity contribution in [2.45, 2.75) is 38.1 Å². The van der Waals surface area contributed by atoms with E-state index in [4.69, 9.17) is 0 Å². The zero-order chi connectivity index (χ0) is 17.3. The molecule has 2 N–H and O–H groups in total. The van der Waals surface area contributed by atoms with E-state index < -0.39 is 12.3 Å². The molecule has 3 unspecified atom stereocenters. The molecule has 5 heteroatoms. The van der Waals surface area contributed by atoms with Gasteiger partial charge in [0.1, 0.15) is 17.9 Å². The third kappa shape index (κ3) is 3.28. The number of rotatable bonds is 5.